The number of unbranched alkanes of at least 4 members (excludes halogenated alkanes) is 1. The molecule has 2 aromatic carbocycles. The van der Waals surface area contributed by atoms with Crippen molar-refractivity contribution in [1.29, 1.82) is 0 Å². The molecule has 120 valence electrons. The molecular formula is C19H21NO3. The van der Waals surface area contributed by atoms with Gasteiger partial charge in [0.2, 0.25) is 5.91 Å². The van der Waals surface area contributed by atoms with Crippen molar-refractivity contribution in [1.82, 2.24) is 5.32 Å². The van der Waals surface area contributed by atoms with Crippen molar-refractivity contribution in [2.24, 2.45) is 5.92 Å². The van der Waals surface area contributed by atoms with E-state index in [4.69, 9.17) is 5.11 Å². The molecule has 3 rings (SSSR count). The third-order valence-electron chi connectivity index (χ3n) is 4.45. The zero-order valence-corrected chi connectivity index (χ0v) is 13.0. The molecular weight excluding hydrogens is 290 g/mol. The van der Waals surface area contributed by atoms with Crippen LogP contribution in [0.25, 0.3) is 10.8 Å². The van der Waals surface area contributed by atoms with Gasteiger partial charge >= 0.3 is 5.97 Å². The van der Waals surface area contributed by atoms with Crippen molar-refractivity contribution in [3.63, 3.8) is 0 Å². The summed E-state index contributed by atoms with van der Waals surface area (Å²) in [6, 6.07) is 14.7. The van der Waals surface area contributed by atoms with E-state index < -0.39 is 5.97 Å². The molecule has 0 radical (unpaired) electrons. The number of carbonyl (C=O) groups excluding carboxylic acids is 1. The third-order valence-corrected chi connectivity index (χ3v) is 4.45. The summed E-state index contributed by atoms with van der Waals surface area (Å²) in [6.07, 6.45) is 2.39. The fourth-order valence-electron chi connectivity index (χ4n) is 3.04. The molecule has 1 amide bonds. The fourth-order valence-corrected chi connectivity index (χ4v) is 3.04. The number of nitrogens with one attached hydrogen (secondary N) is 1. The average Bonchev–Trinajstić information content (AvgIpc) is 3.34. The molecule has 4 heteroatoms. The molecule has 2 aromatic rings. The van der Waals surface area contributed by atoms with Gasteiger partial charge < -0.3 is 10.4 Å². The smallest absolute Gasteiger partial charge is 0.303 e. The van der Waals surface area contributed by atoms with Gasteiger partial charge in [-0.15, -0.1) is 0 Å². The van der Waals surface area contributed by atoms with Crippen LogP contribution in [0.1, 0.15) is 37.2 Å². The van der Waals surface area contributed by atoms with Crippen LogP contribution in [0.3, 0.4) is 0 Å². The van der Waals surface area contributed by atoms with E-state index in [1.807, 2.05) is 12.1 Å². The first-order valence-electron chi connectivity index (χ1n) is 8.13. The van der Waals surface area contributed by atoms with Crippen molar-refractivity contribution >= 4 is 22.6 Å². The van der Waals surface area contributed by atoms with Crippen LogP contribution in [0.4, 0.5) is 0 Å². The maximum absolute atomic E-state index is 12.1. The predicted octanol–water partition coefficient (Wildman–Crippen LogP) is 3.31. The molecule has 4 nitrogen and oxygen atoms in total. The molecule has 2 unspecified atom stereocenters. The number of benzene rings is 2. The number of rotatable bonds is 7. The van der Waals surface area contributed by atoms with Crippen molar-refractivity contribution in [3.8, 4) is 0 Å². The highest BCUT2D eigenvalue weighted by Crippen LogP contribution is 2.48. The summed E-state index contributed by atoms with van der Waals surface area (Å²) in [7, 11) is 0. The van der Waals surface area contributed by atoms with Crippen molar-refractivity contribution in [2.75, 3.05) is 6.54 Å². The summed E-state index contributed by atoms with van der Waals surface area (Å²) >= 11 is 0. The quantitative estimate of drug-likeness (QED) is 0.771. The minimum Gasteiger partial charge on any atom is -0.481 e. The van der Waals surface area contributed by atoms with Gasteiger partial charge in [-0.2, -0.15) is 0 Å². The van der Waals surface area contributed by atoms with E-state index >= 15 is 0 Å². The maximum Gasteiger partial charge on any atom is 0.303 e. The van der Waals surface area contributed by atoms with E-state index in [1.54, 1.807) is 0 Å². The van der Waals surface area contributed by atoms with E-state index in [9.17, 15) is 9.59 Å². The normalized spacial score (nSPS) is 19.5. The minimum absolute atomic E-state index is 0.0654. The average molecular weight is 311 g/mol. The summed E-state index contributed by atoms with van der Waals surface area (Å²) in [6.45, 7) is 0.563. The topological polar surface area (TPSA) is 66.4 Å². The highest BCUT2D eigenvalue weighted by atomic mass is 16.4. The molecule has 1 saturated carbocycles. The number of hydrogen-bond donors (Lipinski definition) is 2. The van der Waals surface area contributed by atoms with Crippen LogP contribution in [0.15, 0.2) is 42.5 Å². The molecule has 0 bridgehead atoms. The summed E-state index contributed by atoms with van der Waals surface area (Å²) in [5.41, 5.74) is 1.23. The van der Waals surface area contributed by atoms with Crippen LogP contribution in [0.5, 0.6) is 0 Å². The van der Waals surface area contributed by atoms with E-state index in [1.165, 1.54) is 16.3 Å². The number of carbonyl (C=O) groups is 2. The summed E-state index contributed by atoms with van der Waals surface area (Å²) in [5, 5.41) is 13.9. The number of aliphatic carboxylic acids is 1. The van der Waals surface area contributed by atoms with E-state index in [0.717, 1.165) is 6.42 Å². The summed E-state index contributed by atoms with van der Waals surface area (Å²) < 4.78 is 0. The Morgan fingerprint density at radius 3 is 2.65 bits per heavy atom. The number of carboxylic acids is 1. The number of carboxylic acid groups (broad SMARTS) is 1. The van der Waals surface area contributed by atoms with Crippen LogP contribution in [0, 0.1) is 5.92 Å². The highest BCUT2D eigenvalue weighted by Gasteiger charge is 2.43. The monoisotopic (exact) mass is 311 g/mol. The van der Waals surface area contributed by atoms with Crippen LogP contribution < -0.4 is 5.32 Å². The van der Waals surface area contributed by atoms with Crippen molar-refractivity contribution in [2.45, 2.75) is 31.6 Å². The van der Waals surface area contributed by atoms with E-state index in [2.05, 4.69) is 35.6 Å². The fraction of sp³-hybridized carbons (Fsp3) is 0.368. The van der Waals surface area contributed by atoms with E-state index in [0.29, 0.717) is 25.3 Å². The molecule has 0 aromatic heterocycles. The van der Waals surface area contributed by atoms with Gasteiger partial charge in [-0.3, -0.25) is 9.59 Å². The molecule has 2 atom stereocenters. The maximum atomic E-state index is 12.1. The van der Waals surface area contributed by atoms with Crippen molar-refractivity contribution < 1.29 is 14.7 Å². The first-order chi connectivity index (χ1) is 11.1. The molecule has 0 heterocycles. The largest absolute Gasteiger partial charge is 0.481 e. The molecule has 23 heavy (non-hydrogen) atoms. The van der Waals surface area contributed by atoms with Crippen LogP contribution in [-0.4, -0.2) is 23.5 Å². The van der Waals surface area contributed by atoms with Crippen molar-refractivity contribution in [3.05, 3.63) is 48.0 Å². The van der Waals surface area contributed by atoms with Gasteiger partial charge in [-0.25, -0.2) is 0 Å². The number of hydrogen-bond acceptors (Lipinski definition) is 2. The first kappa shape index (κ1) is 15.5. The molecule has 2 N–H and O–H groups in total. The van der Waals surface area contributed by atoms with Gasteiger partial charge in [-0.05, 0) is 41.5 Å². The molecule has 0 aliphatic heterocycles. The molecule has 1 fully saturated rings. The van der Waals surface area contributed by atoms with Gasteiger partial charge in [0.15, 0.2) is 0 Å². The third kappa shape index (κ3) is 3.89. The SMILES string of the molecule is O=C(O)CCCCNC(=O)C1CC1c1ccc2ccccc2c1. The Bertz CT molecular complexity index is 725. The Hall–Kier alpha value is -2.36. The van der Waals surface area contributed by atoms with Gasteiger partial charge in [0.25, 0.3) is 0 Å². The van der Waals surface area contributed by atoms with Gasteiger partial charge in [0.1, 0.15) is 0 Å². The second-order valence-electron chi connectivity index (χ2n) is 6.20. The Kier molecular flexibility index (Phi) is 4.60. The Morgan fingerprint density at radius 1 is 1.09 bits per heavy atom. The minimum atomic E-state index is -0.783. The van der Waals surface area contributed by atoms with Crippen LogP contribution in [-0.2, 0) is 9.59 Å². The predicted molar refractivity (Wildman–Crippen MR) is 89.3 cm³/mol. The van der Waals surface area contributed by atoms with E-state index in [-0.39, 0.29) is 18.2 Å². The lowest BCUT2D eigenvalue weighted by molar-refractivity contribution is -0.137. The number of amides is 1. The lowest BCUT2D eigenvalue weighted by atomic mass is 10.0. The second kappa shape index (κ2) is 6.82. The second-order valence-corrected chi connectivity index (χ2v) is 6.20. The first-order valence-corrected chi connectivity index (χ1v) is 8.13. The molecule has 0 spiro atoms. The standard InChI is InChI=1S/C19H21NO3/c21-18(22)7-3-4-10-20-19(23)17-12-16(17)15-9-8-13-5-1-2-6-14(13)11-15/h1-2,5-6,8-9,11,16-17H,3-4,7,10,12H2,(H,20,23)(H,21,22). The lowest BCUT2D eigenvalue weighted by Crippen LogP contribution is -2.26. The molecule has 1 aliphatic carbocycles. The molecule has 1 aliphatic rings. The summed E-state index contributed by atoms with van der Waals surface area (Å²) in [4.78, 5) is 22.5. The van der Waals surface area contributed by atoms with Crippen LogP contribution in [0.2, 0.25) is 0 Å². The van der Waals surface area contributed by atoms with Gasteiger partial charge in [0, 0.05) is 18.9 Å². The molecule has 0 saturated heterocycles. The highest BCUT2D eigenvalue weighted by molar-refractivity contribution is 5.85. The Balaban J connectivity index is 1.50. The lowest BCUT2D eigenvalue weighted by Gasteiger charge is -2.05. The number of fused-ring (bicyclic) bond motifs is 1. The summed E-state index contributed by atoms with van der Waals surface area (Å²) in [5.74, 6) is -0.303. The Labute approximate surface area is 135 Å². The zero-order valence-electron chi connectivity index (χ0n) is 13.0. The zero-order chi connectivity index (χ0) is 16.2. The van der Waals surface area contributed by atoms with Crippen LogP contribution >= 0.6 is 0 Å². The Morgan fingerprint density at radius 2 is 1.87 bits per heavy atom. The van der Waals surface area contributed by atoms with Gasteiger partial charge in [0.05, 0.1) is 0 Å². The van der Waals surface area contributed by atoms with Gasteiger partial charge in [-0.1, -0.05) is 42.5 Å².